The highest BCUT2D eigenvalue weighted by molar-refractivity contribution is 7.90. The van der Waals surface area contributed by atoms with E-state index < -0.39 is 21.7 Å². The predicted molar refractivity (Wildman–Crippen MR) is 57.3 cm³/mol. The van der Waals surface area contributed by atoms with Crippen LogP contribution in [0.15, 0.2) is 23.4 Å². The summed E-state index contributed by atoms with van der Waals surface area (Å²) in [6, 6.07) is 2.86. The van der Waals surface area contributed by atoms with Crippen molar-refractivity contribution < 1.29 is 17.9 Å². The van der Waals surface area contributed by atoms with Crippen molar-refractivity contribution in [3.8, 4) is 0 Å². The number of ether oxygens (including phenoxy) is 1. The van der Waals surface area contributed by atoms with Gasteiger partial charge in [0.1, 0.15) is 5.60 Å². The van der Waals surface area contributed by atoms with Gasteiger partial charge >= 0.3 is 6.09 Å². The first-order chi connectivity index (χ1) is 7.21. The molecule has 2 N–H and O–H groups in total. The summed E-state index contributed by atoms with van der Waals surface area (Å²) in [5.41, 5.74) is -0.741. The maximum atomic E-state index is 11.5. The van der Waals surface area contributed by atoms with Crippen LogP contribution in [0.3, 0.4) is 0 Å². The first kappa shape index (κ1) is 12.6. The van der Waals surface area contributed by atoms with Crippen LogP contribution in [0, 0.1) is 0 Å². The molecule has 0 saturated heterocycles. The van der Waals surface area contributed by atoms with Gasteiger partial charge < -0.3 is 9.72 Å². The summed E-state index contributed by atoms with van der Waals surface area (Å²) in [4.78, 5) is 13.7. The standard InChI is InChI=1S/C9H14N2O4S/c1-9(2,3)15-8(12)11-16(13,14)7-5-4-6-10-7/h4-6,10H,1-3H3,(H,11,12). The second-order valence-corrected chi connectivity index (χ2v) is 5.79. The minimum atomic E-state index is -3.87. The molecule has 1 aromatic rings. The Bertz CT molecular complexity index is 456. The topological polar surface area (TPSA) is 88.3 Å². The van der Waals surface area contributed by atoms with E-state index in [-0.39, 0.29) is 5.03 Å². The molecule has 7 heteroatoms. The molecule has 0 saturated carbocycles. The van der Waals surface area contributed by atoms with Crippen LogP contribution in [0.2, 0.25) is 0 Å². The van der Waals surface area contributed by atoms with Gasteiger partial charge in [-0.15, -0.1) is 0 Å². The smallest absolute Gasteiger partial charge is 0.421 e. The molecule has 90 valence electrons. The maximum absolute atomic E-state index is 11.5. The Hall–Kier alpha value is -1.50. The van der Waals surface area contributed by atoms with Crippen molar-refractivity contribution in [1.82, 2.24) is 9.71 Å². The Morgan fingerprint density at radius 3 is 2.50 bits per heavy atom. The molecule has 0 aliphatic heterocycles. The van der Waals surface area contributed by atoms with Crippen molar-refractivity contribution >= 4 is 16.1 Å². The number of carbonyl (C=O) groups is 1. The van der Waals surface area contributed by atoms with E-state index in [0.29, 0.717) is 0 Å². The van der Waals surface area contributed by atoms with E-state index >= 15 is 0 Å². The molecule has 1 heterocycles. The monoisotopic (exact) mass is 246 g/mol. The van der Waals surface area contributed by atoms with Crippen molar-refractivity contribution in [3.05, 3.63) is 18.3 Å². The highest BCUT2D eigenvalue weighted by atomic mass is 32.2. The summed E-state index contributed by atoms with van der Waals surface area (Å²) in [6.45, 7) is 4.94. The second-order valence-electron chi connectivity index (χ2n) is 4.14. The average Bonchev–Trinajstić information content (AvgIpc) is 2.49. The summed E-state index contributed by atoms with van der Waals surface area (Å²) in [5, 5.41) is -0.0849. The summed E-state index contributed by atoms with van der Waals surface area (Å²) in [6.07, 6.45) is 0.450. The molecule has 0 aromatic carbocycles. The van der Waals surface area contributed by atoms with Crippen LogP contribution in [0.1, 0.15) is 20.8 Å². The lowest BCUT2D eigenvalue weighted by molar-refractivity contribution is 0.0570. The van der Waals surface area contributed by atoms with E-state index in [9.17, 15) is 13.2 Å². The fourth-order valence-electron chi connectivity index (χ4n) is 0.945. The van der Waals surface area contributed by atoms with Gasteiger partial charge in [0, 0.05) is 6.20 Å². The largest absolute Gasteiger partial charge is 0.443 e. The fourth-order valence-corrected chi connectivity index (χ4v) is 1.80. The molecule has 16 heavy (non-hydrogen) atoms. The molecule has 0 spiro atoms. The molecule has 0 atom stereocenters. The molecule has 0 unspecified atom stereocenters. The summed E-state index contributed by atoms with van der Waals surface area (Å²) < 4.78 is 29.7. The zero-order chi connectivity index (χ0) is 12.4. The molecule has 0 aliphatic carbocycles. The van der Waals surface area contributed by atoms with Crippen molar-refractivity contribution in [2.24, 2.45) is 0 Å². The SMILES string of the molecule is CC(C)(C)OC(=O)NS(=O)(=O)c1ccc[nH]1. The van der Waals surface area contributed by atoms with Gasteiger partial charge in [0.05, 0.1) is 0 Å². The van der Waals surface area contributed by atoms with Crippen LogP contribution >= 0.6 is 0 Å². The number of hydrogen-bond donors (Lipinski definition) is 2. The van der Waals surface area contributed by atoms with Gasteiger partial charge in [-0.25, -0.2) is 9.52 Å². The molecule has 0 radical (unpaired) electrons. The molecule has 6 nitrogen and oxygen atoms in total. The number of hydrogen-bond acceptors (Lipinski definition) is 4. The first-order valence-electron chi connectivity index (χ1n) is 4.60. The van der Waals surface area contributed by atoms with Crippen molar-refractivity contribution in [3.63, 3.8) is 0 Å². The zero-order valence-electron chi connectivity index (χ0n) is 9.27. The van der Waals surface area contributed by atoms with Crippen LogP contribution in [-0.2, 0) is 14.8 Å². The number of nitrogens with one attached hydrogen (secondary N) is 2. The number of rotatable bonds is 2. The van der Waals surface area contributed by atoms with Gasteiger partial charge in [-0.05, 0) is 32.9 Å². The van der Waals surface area contributed by atoms with E-state index in [1.807, 2.05) is 0 Å². The summed E-state index contributed by atoms with van der Waals surface area (Å²) >= 11 is 0. The van der Waals surface area contributed by atoms with E-state index in [2.05, 4.69) is 4.98 Å². The first-order valence-corrected chi connectivity index (χ1v) is 6.08. The second kappa shape index (κ2) is 4.17. The summed E-state index contributed by atoms with van der Waals surface area (Å²) in [5.74, 6) is 0. The third-order valence-electron chi connectivity index (χ3n) is 1.48. The van der Waals surface area contributed by atoms with E-state index in [0.717, 1.165) is 0 Å². The van der Waals surface area contributed by atoms with Crippen LogP contribution < -0.4 is 4.72 Å². The van der Waals surface area contributed by atoms with Gasteiger partial charge in [-0.3, -0.25) is 0 Å². The molecule has 0 bridgehead atoms. The number of amides is 1. The average molecular weight is 246 g/mol. The Morgan fingerprint density at radius 2 is 2.06 bits per heavy atom. The molecular formula is C9H14N2O4S. The molecule has 1 amide bonds. The number of carbonyl (C=O) groups excluding carboxylic acids is 1. The van der Waals surface area contributed by atoms with E-state index in [1.165, 1.54) is 18.3 Å². The van der Waals surface area contributed by atoms with E-state index in [4.69, 9.17) is 4.74 Å². The maximum Gasteiger partial charge on any atom is 0.421 e. The molecular weight excluding hydrogens is 232 g/mol. The third kappa shape index (κ3) is 3.58. The molecule has 1 aromatic heterocycles. The van der Waals surface area contributed by atoms with Crippen molar-refractivity contribution in [1.29, 1.82) is 0 Å². The van der Waals surface area contributed by atoms with Gasteiger partial charge in [-0.1, -0.05) is 0 Å². The molecule has 1 rings (SSSR count). The summed E-state index contributed by atoms with van der Waals surface area (Å²) in [7, 11) is -3.87. The fraction of sp³-hybridized carbons (Fsp3) is 0.444. The predicted octanol–water partition coefficient (Wildman–Crippen LogP) is 1.23. The lowest BCUT2D eigenvalue weighted by atomic mass is 10.2. The number of aromatic nitrogens is 1. The Morgan fingerprint density at radius 1 is 1.44 bits per heavy atom. The number of aromatic amines is 1. The third-order valence-corrected chi connectivity index (χ3v) is 2.74. The van der Waals surface area contributed by atoms with Crippen molar-refractivity contribution in [2.45, 2.75) is 31.4 Å². The van der Waals surface area contributed by atoms with Gasteiger partial charge in [0.25, 0.3) is 10.0 Å². The zero-order valence-corrected chi connectivity index (χ0v) is 10.1. The van der Waals surface area contributed by atoms with Crippen molar-refractivity contribution in [2.75, 3.05) is 0 Å². The van der Waals surface area contributed by atoms with Gasteiger partial charge in [0.2, 0.25) is 0 Å². The van der Waals surface area contributed by atoms with E-state index in [1.54, 1.807) is 25.5 Å². The number of H-pyrrole nitrogens is 1. The Kier molecular flexibility index (Phi) is 3.27. The van der Waals surface area contributed by atoms with Crippen LogP contribution in [0.5, 0.6) is 0 Å². The lowest BCUT2D eigenvalue weighted by Gasteiger charge is -2.19. The quantitative estimate of drug-likeness (QED) is 0.821. The molecule has 0 aliphatic rings. The van der Waals surface area contributed by atoms with Gasteiger partial charge in [-0.2, -0.15) is 8.42 Å². The van der Waals surface area contributed by atoms with Gasteiger partial charge in [0.15, 0.2) is 5.03 Å². The highest BCUT2D eigenvalue weighted by Gasteiger charge is 2.23. The minimum absolute atomic E-state index is 0.0849. The highest BCUT2D eigenvalue weighted by Crippen LogP contribution is 2.09. The minimum Gasteiger partial charge on any atom is -0.443 e. The molecule has 0 fully saturated rings. The number of sulfonamides is 1. The van der Waals surface area contributed by atoms with Crippen LogP contribution in [0.4, 0.5) is 4.79 Å². The van der Waals surface area contributed by atoms with Crippen LogP contribution in [-0.4, -0.2) is 25.1 Å². The Labute approximate surface area is 94.1 Å². The normalized spacial score (nSPS) is 12.2. The lowest BCUT2D eigenvalue weighted by Crippen LogP contribution is -2.36. The van der Waals surface area contributed by atoms with Crippen LogP contribution in [0.25, 0.3) is 0 Å². The Balaban J connectivity index is 2.72.